The van der Waals surface area contributed by atoms with Gasteiger partial charge in [-0.3, -0.25) is 0 Å². The number of nitrogens with one attached hydrogen (secondary N) is 1. The Kier molecular flexibility index (Phi) is 3.87. The highest BCUT2D eigenvalue weighted by molar-refractivity contribution is 5.30. The molecule has 0 aliphatic rings. The molecule has 0 radical (unpaired) electrons. The van der Waals surface area contributed by atoms with E-state index in [0.29, 0.717) is 6.04 Å². The lowest BCUT2D eigenvalue weighted by molar-refractivity contribution is 0.606. The third kappa shape index (κ3) is 2.34. The Labute approximate surface area is 110 Å². The molecule has 2 nitrogen and oxygen atoms in total. The Bertz CT molecular complexity index is 511. The quantitative estimate of drug-likeness (QED) is 0.869. The summed E-state index contributed by atoms with van der Waals surface area (Å²) in [6, 6.07) is 13.3. The summed E-state index contributed by atoms with van der Waals surface area (Å²) in [5, 5.41) is 3.23. The van der Waals surface area contributed by atoms with Crippen LogP contribution in [0.1, 0.15) is 35.5 Å². The highest BCUT2D eigenvalue weighted by Crippen LogP contribution is 2.25. The Morgan fingerprint density at radius 3 is 2.44 bits per heavy atom. The van der Waals surface area contributed by atoms with E-state index in [1.54, 1.807) is 0 Å². The molecule has 18 heavy (non-hydrogen) atoms. The van der Waals surface area contributed by atoms with Crippen LogP contribution in [0.2, 0.25) is 0 Å². The molecule has 2 aromatic rings. The highest BCUT2D eigenvalue weighted by atomic mass is 15.0. The molecule has 0 saturated carbocycles. The lowest BCUT2D eigenvalue weighted by Crippen LogP contribution is -2.11. The average Bonchev–Trinajstić information content (AvgIpc) is 2.65. The van der Waals surface area contributed by atoms with Crippen LogP contribution < -0.4 is 5.32 Å². The lowest BCUT2D eigenvalue weighted by atomic mass is 10.1. The molecular formula is C16H22N2. The Hall–Kier alpha value is -1.54. The molecule has 0 aliphatic heterocycles. The van der Waals surface area contributed by atoms with E-state index >= 15 is 0 Å². The van der Waals surface area contributed by atoms with Crippen molar-refractivity contribution in [3.63, 3.8) is 0 Å². The lowest BCUT2D eigenvalue weighted by Gasteiger charge is -2.19. The summed E-state index contributed by atoms with van der Waals surface area (Å²) >= 11 is 0. The smallest absolute Gasteiger partial charge is 0.0556 e. The molecule has 0 spiro atoms. The number of hydrogen-bond acceptors (Lipinski definition) is 1. The van der Waals surface area contributed by atoms with Gasteiger partial charge >= 0.3 is 0 Å². The van der Waals surface area contributed by atoms with E-state index in [0.717, 1.165) is 6.54 Å². The summed E-state index contributed by atoms with van der Waals surface area (Å²) in [6.07, 6.45) is 0. The summed E-state index contributed by atoms with van der Waals surface area (Å²) in [6.45, 7) is 7.59. The van der Waals surface area contributed by atoms with Crippen LogP contribution in [0.25, 0.3) is 0 Å². The molecule has 0 unspecified atom stereocenters. The summed E-state index contributed by atoms with van der Waals surface area (Å²) in [5.74, 6) is 0. The second kappa shape index (κ2) is 5.40. The van der Waals surface area contributed by atoms with Crippen LogP contribution in [0.4, 0.5) is 0 Å². The van der Waals surface area contributed by atoms with Crippen LogP contribution in [0, 0.1) is 13.8 Å². The molecule has 2 heteroatoms. The van der Waals surface area contributed by atoms with Gasteiger partial charge in [-0.25, -0.2) is 0 Å². The molecule has 1 atom stereocenters. The maximum atomic E-state index is 3.23. The molecule has 1 N–H and O–H groups in total. The Morgan fingerprint density at radius 1 is 1.17 bits per heavy atom. The van der Waals surface area contributed by atoms with Crippen molar-refractivity contribution in [2.75, 3.05) is 7.05 Å². The molecule has 2 rings (SSSR count). The Morgan fingerprint density at radius 2 is 1.83 bits per heavy atom. The molecule has 0 aliphatic carbocycles. The third-order valence-electron chi connectivity index (χ3n) is 3.63. The topological polar surface area (TPSA) is 17.0 Å². The van der Waals surface area contributed by atoms with Crippen molar-refractivity contribution in [1.29, 1.82) is 0 Å². The second-order valence-corrected chi connectivity index (χ2v) is 4.88. The molecule has 1 aromatic heterocycles. The first kappa shape index (κ1) is 12.9. The van der Waals surface area contributed by atoms with Crippen molar-refractivity contribution in [3.8, 4) is 0 Å². The van der Waals surface area contributed by atoms with E-state index in [1.807, 2.05) is 7.05 Å². The zero-order valence-electron chi connectivity index (χ0n) is 11.7. The normalized spacial score (nSPS) is 12.7. The molecule has 96 valence electrons. The molecule has 1 heterocycles. The van der Waals surface area contributed by atoms with Gasteiger partial charge < -0.3 is 9.88 Å². The first-order valence-electron chi connectivity index (χ1n) is 6.52. The zero-order valence-corrected chi connectivity index (χ0v) is 11.7. The molecule has 0 bridgehead atoms. The van der Waals surface area contributed by atoms with E-state index in [2.05, 4.69) is 67.1 Å². The van der Waals surface area contributed by atoms with Crippen LogP contribution in [0.15, 0.2) is 36.4 Å². The fourth-order valence-electron chi connectivity index (χ4n) is 2.69. The molecule has 1 aromatic carbocycles. The predicted octanol–water partition coefficient (Wildman–Crippen LogP) is 3.43. The van der Waals surface area contributed by atoms with E-state index < -0.39 is 0 Å². The van der Waals surface area contributed by atoms with Gasteiger partial charge in [0.1, 0.15) is 0 Å². The number of aromatic nitrogens is 1. The zero-order chi connectivity index (χ0) is 13.1. The van der Waals surface area contributed by atoms with E-state index in [-0.39, 0.29) is 0 Å². The van der Waals surface area contributed by atoms with Gasteiger partial charge in [0, 0.05) is 17.9 Å². The minimum atomic E-state index is 0.386. The summed E-state index contributed by atoms with van der Waals surface area (Å²) in [7, 11) is 1.99. The SMILES string of the molecule is CNCc1cc(C)n([C@H](C)c2ccccc2)c1C. The monoisotopic (exact) mass is 242 g/mol. The Balaban J connectivity index is 2.39. The summed E-state index contributed by atoms with van der Waals surface area (Å²) in [5.41, 5.74) is 5.43. The number of benzene rings is 1. The van der Waals surface area contributed by atoms with Crippen LogP contribution in [0.3, 0.4) is 0 Å². The number of aryl methyl sites for hydroxylation is 1. The fourth-order valence-corrected chi connectivity index (χ4v) is 2.69. The van der Waals surface area contributed by atoms with Gasteiger partial charge in [0.25, 0.3) is 0 Å². The van der Waals surface area contributed by atoms with Crippen LogP contribution in [-0.2, 0) is 6.54 Å². The second-order valence-electron chi connectivity index (χ2n) is 4.88. The van der Waals surface area contributed by atoms with Gasteiger partial charge in [0.2, 0.25) is 0 Å². The third-order valence-corrected chi connectivity index (χ3v) is 3.63. The number of rotatable bonds is 4. The van der Waals surface area contributed by atoms with Crippen molar-refractivity contribution in [1.82, 2.24) is 9.88 Å². The van der Waals surface area contributed by atoms with Crippen molar-refractivity contribution in [2.24, 2.45) is 0 Å². The van der Waals surface area contributed by atoms with Gasteiger partial charge in [0.15, 0.2) is 0 Å². The largest absolute Gasteiger partial charge is 0.342 e. The predicted molar refractivity (Wildman–Crippen MR) is 76.9 cm³/mol. The van der Waals surface area contributed by atoms with Crippen molar-refractivity contribution in [2.45, 2.75) is 33.4 Å². The first-order valence-corrected chi connectivity index (χ1v) is 6.52. The van der Waals surface area contributed by atoms with E-state index in [9.17, 15) is 0 Å². The van der Waals surface area contributed by atoms with Crippen molar-refractivity contribution >= 4 is 0 Å². The van der Waals surface area contributed by atoms with Gasteiger partial charge in [-0.2, -0.15) is 0 Å². The van der Waals surface area contributed by atoms with Gasteiger partial charge in [-0.15, -0.1) is 0 Å². The van der Waals surface area contributed by atoms with Gasteiger partial charge in [-0.05, 0) is 45.0 Å². The first-order chi connectivity index (χ1) is 8.65. The minimum absolute atomic E-state index is 0.386. The fraction of sp³-hybridized carbons (Fsp3) is 0.375. The van der Waals surface area contributed by atoms with E-state index in [1.165, 1.54) is 22.5 Å². The van der Waals surface area contributed by atoms with Crippen molar-refractivity contribution < 1.29 is 0 Å². The summed E-state index contributed by atoms with van der Waals surface area (Å²) in [4.78, 5) is 0. The van der Waals surface area contributed by atoms with Crippen LogP contribution >= 0.6 is 0 Å². The standard InChI is InChI=1S/C16H22N2/c1-12-10-16(11-17-4)14(3)18(12)13(2)15-8-6-5-7-9-15/h5-10,13,17H,11H2,1-4H3/t13-/m1/s1. The molecule has 0 fully saturated rings. The highest BCUT2D eigenvalue weighted by Gasteiger charge is 2.14. The maximum Gasteiger partial charge on any atom is 0.0556 e. The maximum absolute atomic E-state index is 3.23. The average molecular weight is 242 g/mol. The van der Waals surface area contributed by atoms with Crippen molar-refractivity contribution in [3.05, 3.63) is 58.9 Å². The molecular weight excluding hydrogens is 220 g/mol. The van der Waals surface area contributed by atoms with Gasteiger partial charge in [0.05, 0.1) is 6.04 Å². The van der Waals surface area contributed by atoms with E-state index in [4.69, 9.17) is 0 Å². The minimum Gasteiger partial charge on any atom is -0.342 e. The number of hydrogen-bond donors (Lipinski definition) is 1. The van der Waals surface area contributed by atoms with Crippen LogP contribution in [-0.4, -0.2) is 11.6 Å². The molecule has 0 saturated heterocycles. The van der Waals surface area contributed by atoms with Crippen LogP contribution in [0.5, 0.6) is 0 Å². The molecule has 0 amide bonds. The summed E-state index contributed by atoms with van der Waals surface area (Å²) < 4.78 is 2.42. The number of nitrogens with zero attached hydrogens (tertiary/aromatic N) is 1. The van der Waals surface area contributed by atoms with Gasteiger partial charge in [-0.1, -0.05) is 30.3 Å².